The molecule has 8 heteroatoms. The largest absolute Gasteiger partial charge is 0.493 e. The molecule has 1 aromatic rings. The van der Waals surface area contributed by atoms with Gasteiger partial charge in [-0.1, -0.05) is 6.92 Å². The van der Waals surface area contributed by atoms with Crippen LogP contribution in [-0.4, -0.2) is 31.5 Å². The first-order valence-corrected chi connectivity index (χ1v) is 8.41. The topological polar surface area (TPSA) is 86.5 Å². The Kier molecular flexibility index (Phi) is 6.22. The molecule has 0 aromatic heterocycles. The third-order valence-corrected chi connectivity index (χ3v) is 4.77. The molecule has 1 rings (SSSR count). The summed E-state index contributed by atoms with van der Waals surface area (Å²) in [6.45, 7) is 1.82. The highest BCUT2D eigenvalue weighted by Gasteiger charge is 2.12. The number of sulfone groups is 1. The molecule has 0 bridgehead atoms. The molecular weight excluding hydrogens is 306 g/mol. The minimum absolute atomic E-state index is 0.0541. The summed E-state index contributed by atoms with van der Waals surface area (Å²) in [4.78, 5) is 10.1. The summed E-state index contributed by atoms with van der Waals surface area (Å²) >= 11 is 5.72. The van der Waals surface area contributed by atoms with E-state index in [1.807, 2.05) is 0 Å². The van der Waals surface area contributed by atoms with Crippen molar-refractivity contribution in [3.05, 3.63) is 33.9 Å². The number of alkyl halides is 1. The highest BCUT2D eigenvalue weighted by Crippen LogP contribution is 2.25. The number of ether oxygens (including phenoxy) is 1. The van der Waals surface area contributed by atoms with Gasteiger partial charge in [-0.3, -0.25) is 10.1 Å². The third-order valence-electron chi connectivity index (χ3n) is 2.70. The fraction of sp³-hybridized carbons (Fsp3) is 0.500. The van der Waals surface area contributed by atoms with Crippen LogP contribution in [0.4, 0.5) is 5.69 Å². The molecule has 112 valence electrons. The number of halogens is 1. The number of nitro benzene ring substituents is 1. The maximum atomic E-state index is 11.3. The molecule has 0 fully saturated rings. The molecule has 20 heavy (non-hydrogen) atoms. The molecule has 0 atom stereocenters. The minimum atomic E-state index is -3.00. The van der Waals surface area contributed by atoms with Gasteiger partial charge in [0, 0.05) is 23.4 Å². The molecule has 0 spiro atoms. The smallest absolute Gasteiger partial charge is 0.270 e. The Balaban J connectivity index is 2.62. The number of hydrogen-bond donors (Lipinski definition) is 0. The first kappa shape index (κ1) is 16.7. The number of nitro groups is 1. The number of benzene rings is 1. The van der Waals surface area contributed by atoms with Gasteiger partial charge in [-0.2, -0.15) is 0 Å². The van der Waals surface area contributed by atoms with E-state index in [0.717, 1.165) is 0 Å². The van der Waals surface area contributed by atoms with Crippen molar-refractivity contribution >= 4 is 27.1 Å². The zero-order valence-corrected chi connectivity index (χ0v) is 12.6. The Hall–Kier alpha value is -1.34. The van der Waals surface area contributed by atoms with Crippen LogP contribution in [0.3, 0.4) is 0 Å². The molecule has 0 amide bonds. The predicted octanol–water partition coefficient (Wildman–Crippen LogP) is 2.54. The number of rotatable bonds is 8. The third kappa shape index (κ3) is 4.97. The van der Waals surface area contributed by atoms with Crippen molar-refractivity contribution in [2.24, 2.45) is 0 Å². The maximum absolute atomic E-state index is 11.3. The molecule has 0 heterocycles. The average molecular weight is 322 g/mol. The van der Waals surface area contributed by atoms with Crippen molar-refractivity contribution in [2.45, 2.75) is 19.2 Å². The van der Waals surface area contributed by atoms with E-state index in [9.17, 15) is 18.5 Å². The zero-order chi connectivity index (χ0) is 15.2. The fourth-order valence-electron chi connectivity index (χ4n) is 1.53. The molecule has 0 N–H and O–H groups in total. The van der Waals surface area contributed by atoms with E-state index in [0.29, 0.717) is 17.7 Å². The summed E-state index contributed by atoms with van der Waals surface area (Å²) in [6.07, 6.45) is 0.370. The highest BCUT2D eigenvalue weighted by atomic mass is 35.5. The lowest BCUT2D eigenvalue weighted by Crippen LogP contribution is -2.12. The number of nitrogens with zero attached hydrogens (tertiary/aromatic N) is 1. The fourth-order valence-corrected chi connectivity index (χ4v) is 2.59. The van der Waals surface area contributed by atoms with Gasteiger partial charge in [0.05, 0.1) is 23.2 Å². The van der Waals surface area contributed by atoms with E-state index < -0.39 is 14.8 Å². The van der Waals surface area contributed by atoms with Gasteiger partial charge in [0.15, 0.2) is 0 Å². The van der Waals surface area contributed by atoms with E-state index in [1.54, 1.807) is 6.92 Å². The normalized spacial score (nSPS) is 11.3. The summed E-state index contributed by atoms with van der Waals surface area (Å²) in [7, 11) is -3.00. The second kappa shape index (κ2) is 7.44. The molecule has 0 saturated carbocycles. The molecule has 0 saturated heterocycles. The standard InChI is InChI=1S/C12H16ClNO5S/c1-2-20(17,18)7-3-6-19-12-5-4-11(14(15)16)8-10(12)9-13/h4-5,8H,2-3,6-7,9H2,1H3. The van der Waals surface area contributed by atoms with E-state index in [2.05, 4.69) is 0 Å². The first-order valence-electron chi connectivity index (χ1n) is 6.06. The van der Waals surface area contributed by atoms with Crippen molar-refractivity contribution in [1.29, 1.82) is 0 Å². The zero-order valence-electron chi connectivity index (χ0n) is 11.0. The minimum Gasteiger partial charge on any atom is -0.493 e. The van der Waals surface area contributed by atoms with Gasteiger partial charge in [0.2, 0.25) is 0 Å². The Morgan fingerprint density at radius 1 is 1.40 bits per heavy atom. The monoisotopic (exact) mass is 321 g/mol. The predicted molar refractivity (Wildman–Crippen MR) is 77.1 cm³/mol. The summed E-state index contributed by atoms with van der Waals surface area (Å²) < 4.78 is 28.0. The Morgan fingerprint density at radius 3 is 2.65 bits per heavy atom. The molecule has 6 nitrogen and oxygen atoms in total. The van der Waals surface area contributed by atoms with E-state index >= 15 is 0 Å². The first-order chi connectivity index (χ1) is 9.39. The lowest BCUT2D eigenvalue weighted by atomic mass is 10.2. The highest BCUT2D eigenvalue weighted by molar-refractivity contribution is 7.91. The summed E-state index contributed by atoms with van der Waals surface area (Å²) in [5, 5.41) is 10.6. The second-order valence-corrected chi connectivity index (χ2v) is 6.86. The van der Waals surface area contributed by atoms with Gasteiger partial charge in [0.25, 0.3) is 5.69 Å². The van der Waals surface area contributed by atoms with E-state index in [-0.39, 0.29) is 29.7 Å². The SMILES string of the molecule is CCS(=O)(=O)CCCOc1ccc([N+](=O)[O-])cc1CCl. The average Bonchev–Trinajstić information content (AvgIpc) is 2.43. The molecule has 0 radical (unpaired) electrons. The Morgan fingerprint density at radius 2 is 2.10 bits per heavy atom. The van der Waals surface area contributed by atoms with Gasteiger partial charge < -0.3 is 4.74 Å². The van der Waals surface area contributed by atoms with Crippen molar-refractivity contribution in [2.75, 3.05) is 18.1 Å². The van der Waals surface area contributed by atoms with Gasteiger partial charge >= 0.3 is 0 Å². The van der Waals surface area contributed by atoms with Crippen molar-refractivity contribution in [3.8, 4) is 5.75 Å². The van der Waals surface area contributed by atoms with Gasteiger partial charge in [-0.25, -0.2) is 8.42 Å². The van der Waals surface area contributed by atoms with Crippen LogP contribution in [0, 0.1) is 10.1 Å². The molecule has 0 aliphatic rings. The summed E-state index contributed by atoms with van der Waals surface area (Å²) in [5.41, 5.74) is 0.459. The van der Waals surface area contributed by atoms with Gasteiger partial charge in [-0.05, 0) is 12.5 Å². The lowest BCUT2D eigenvalue weighted by Gasteiger charge is -2.09. The van der Waals surface area contributed by atoms with E-state index in [4.69, 9.17) is 16.3 Å². The summed E-state index contributed by atoms with van der Waals surface area (Å²) in [5.74, 6) is 0.702. The van der Waals surface area contributed by atoms with Crippen molar-refractivity contribution in [1.82, 2.24) is 0 Å². The van der Waals surface area contributed by atoms with Crippen LogP contribution in [0.15, 0.2) is 18.2 Å². The Labute approximate surface area is 122 Å². The maximum Gasteiger partial charge on any atom is 0.270 e. The number of hydrogen-bond acceptors (Lipinski definition) is 5. The second-order valence-electron chi connectivity index (χ2n) is 4.12. The van der Waals surface area contributed by atoms with Crippen LogP contribution in [0.5, 0.6) is 5.75 Å². The Bertz CT molecular complexity index is 573. The lowest BCUT2D eigenvalue weighted by molar-refractivity contribution is -0.384. The van der Waals surface area contributed by atoms with Crippen LogP contribution in [0.2, 0.25) is 0 Å². The summed E-state index contributed by atoms with van der Waals surface area (Å²) in [6, 6.07) is 4.16. The van der Waals surface area contributed by atoms with Crippen molar-refractivity contribution in [3.63, 3.8) is 0 Å². The van der Waals surface area contributed by atoms with Gasteiger partial charge in [-0.15, -0.1) is 11.6 Å². The van der Waals surface area contributed by atoms with Crippen LogP contribution in [0.25, 0.3) is 0 Å². The molecular formula is C12H16ClNO5S. The van der Waals surface area contributed by atoms with Crippen LogP contribution < -0.4 is 4.74 Å². The van der Waals surface area contributed by atoms with Gasteiger partial charge in [0.1, 0.15) is 15.6 Å². The van der Waals surface area contributed by atoms with Crippen molar-refractivity contribution < 1.29 is 18.1 Å². The molecule has 0 aliphatic carbocycles. The van der Waals surface area contributed by atoms with Crippen LogP contribution in [0.1, 0.15) is 18.9 Å². The van der Waals surface area contributed by atoms with Crippen LogP contribution >= 0.6 is 11.6 Å². The number of non-ortho nitro benzene ring substituents is 1. The van der Waals surface area contributed by atoms with Crippen LogP contribution in [-0.2, 0) is 15.7 Å². The van der Waals surface area contributed by atoms with E-state index in [1.165, 1.54) is 18.2 Å². The molecule has 0 unspecified atom stereocenters. The molecule has 0 aliphatic heterocycles. The molecule has 1 aromatic carbocycles. The quantitative estimate of drug-likeness (QED) is 0.318.